The first-order chi connectivity index (χ1) is 10.5. The Labute approximate surface area is 135 Å². The molecule has 1 atom stereocenters. The van der Waals surface area contributed by atoms with E-state index in [1.807, 2.05) is 0 Å². The molecule has 3 aromatic rings. The number of benzene rings is 1. The van der Waals surface area contributed by atoms with Gasteiger partial charge in [-0.1, -0.05) is 29.3 Å². The minimum atomic E-state index is -0.946. The van der Waals surface area contributed by atoms with E-state index in [1.54, 1.807) is 25.2 Å². The van der Waals surface area contributed by atoms with Gasteiger partial charge in [-0.25, -0.2) is 4.98 Å². The largest absolute Gasteiger partial charge is 0.386 e. The molecule has 0 spiro atoms. The van der Waals surface area contributed by atoms with Gasteiger partial charge in [0.15, 0.2) is 5.65 Å². The van der Waals surface area contributed by atoms with Gasteiger partial charge in [-0.3, -0.25) is 14.0 Å². The molecule has 0 amide bonds. The molecule has 0 aliphatic carbocycles. The summed E-state index contributed by atoms with van der Waals surface area (Å²) in [6.45, 7) is 0.0397. The van der Waals surface area contributed by atoms with Crippen molar-refractivity contribution in [1.82, 2.24) is 19.3 Å². The van der Waals surface area contributed by atoms with Crippen molar-refractivity contribution in [1.29, 1.82) is 0 Å². The average Bonchev–Trinajstić information content (AvgIpc) is 2.84. The van der Waals surface area contributed by atoms with Crippen molar-refractivity contribution in [2.75, 3.05) is 0 Å². The van der Waals surface area contributed by atoms with Gasteiger partial charge in [-0.15, -0.1) is 0 Å². The number of aliphatic hydroxyl groups excluding tert-OH is 1. The highest BCUT2D eigenvalue weighted by Gasteiger charge is 2.15. The molecule has 1 aromatic carbocycles. The van der Waals surface area contributed by atoms with Gasteiger partial charge in [-0.05, 0) is 12.1 Å². The number of aryl methyl sites for hydroxylation is 1. The fourth-order valence-corrected chi connectivity index (χ4v) is 2.79. The Morgan fingerprint density at radius 2 is 2.14 bits per heavy atom. The first-order valence-corrected chi connectivity index (χ1v) is 7.23. The Kier molecular flexibility index (Phi) is 3.90. The maximum Gasteiger partial charge on any atom is 0.264 e. The summed E-state index contributed by atoms with van der Waals surface area (Å²) in [7, 11) is 1.71. The molecule has 0 aliphatic heterocycles. The highest BCUT2D eigenvalue weighted by atomic mass is 35.5. The zero-order valence-corrected chi connectivity index (χ0v) is 13.1. The Morgan fingerprint density at radius 3 is 2.86 bits per heavy atom. The predicted octanol–water partition coefficient (Wildman–Crippen LogP) is 2.17. The lowest BCUT2D eigenvalue weighted by molar-refractivity contribution is 0.155. The summed E-state index contributed by atoms with van der Waals surface area (Å²) in [5.74, 6) is 0. The summed E-state index contributed by atoms with van der Waals surface area (Å²) >= 11 is 11.9. The molecular weight excluding hydrogens is 327 g/mol. The van der Waals surface area contributed by atoms with Crippen molar-refractivity contribution in [2.24, 2.45) is 7.05 Å². The summed E-state index contributed by atoms with van der Waals surface area (Å²) in [6, 6.07) is 4.82. The number of hydrogen-bond acceptors (Lipinski definition) is 4. The van der Waals surface area contributed by atoms with Crippen molar-refractivity contribution in [2.45, 2.75) is 12.6 Å². The Bertz CT molecular complexity index is 903. The van der Waals surface area contributed by atoms with Gasteiger partial charge in [0.2, 0.25) is 0 Å². The molecular formula is C14H12Cl2N4O2. The van der Waals surface area contributed by atoms with Crippen LogP contribution >= 0.6 is 23.2 Å². The molecule has 3 rings (SSSR count). The number of rotatable bonds is 3. The molecule has 0 fully saturated rings. The smallest absolute Gasteiger partial charge is 0.264 e. The SMILES string of the molecule is Cn1ncc2c(=O)n(CC(O)c3ccc(Cl)cc3Cl)cnc21. The van der Waals surface area contributed by atoms with E-state index in [9.17, 15) is 9.90 Å². The number of fused-ring (bicyclic) bond motifs is 1. The second kappa shape index (κ2) is 5.72. The van der Waals surface area contributed by atoms with Gasteiger partial charge < -0.3 is 5.11 Å². The van der Waals surface area contributed by atoms with E-state index >= 15 is 0 Å². The van der Waals surface area contributed by atoms with Crippen molar-refractivity contribution in [3.8, 4) is 0 Å². The summed E-state index contributed by atoms with van der Waals surface area (Å²) in [5.41, 5.74) is 0.742. The molecule has 0 saturated heterocycles. The quantitative estimate of drug-likeness (QED) is 0.794. The zero-order valence-electron chi connectivity index (χ0n) is 11.6. The fraction of sp³-hybridized carbons (Fsp3) is 0.214. The van der Waals surface area contributed by atoms with Crippen molar-refractivity contribution in [3.63, 3.8) is 0 Å². The third-order valence-corrected chi connectivity index (χ3v) is 3.97. The molecule has 0 bridgehead atoms. The van der Waals surface area contributed by atoms with E-state index in [0.717, 1.165) is 0 Å². The predicted molar refractivity (Wildman–Crippen MR) is 84.2 cm³/mol. The van der Waals surface area contributed by atoms with E-state index in [0.29, 0.717) is 26.6 Å². The molecule has 2 heterocycles. The van der Waals surface area contributed by atoms with Crippen molar-refractivity contribution >= 4 is 34.2 Å². The second-order valence-electron chi connectivity index (χ2n) is 4.89. The highest BCUT2D eigenvalue weighted by Crippen LogP contribution is 2.27. The Balaban J connectivity index is 1.95. The molecule has 8 heteroatoms. The van der Waals surface area contributed by atoms with E-state index in [2.05, 4.69) is 10.1 Å². The topological polar surface area (TPSA) is 72.9 Å². The van der Waals surface area contributed by atoms with Crippen LogP contribution in [0.4, 0.5) is 0 Å². The maximum atomic E-state index is 12.4. The van der Waals surface area contributed by atoms with Gasteiger partial charge in [0, 0.05) is 22.7 Å². The van der Waals surface area contributed by atoms with Crippen LogP contribution in [-0.2, 0) is 13.6 Å². The average molecular weight is 339 g/mol. The van der Waals surface area contributed by atoms with Crippen LogP contribution in [0.5, 0.6) is 0 Å². The molecule has 2 aromatic heterocycles. The molecule has 0 radical (unpaired) electrons. The molecule has 0 aliphatic rings. The minimum absolute atomic E-state index is 0.0397. The molecule has 6 nitrogen and oxygen atoms in total. The van der Waals surface area contributed by atoms with Crippen molar-refractivity contribution in [3.05, 3.63) is 56.7 Å². The molecule has 22 heavy (non-hydrogen) atoms. The standard InChI is InChI=1S/C14H12Cl2N4O2/c1-19-13-10(5-18-19)14(22)20(7-17-13)6-12(21)9-3-2-8(15)4-11(9)16/h2-5,7,12,21H,6H2,1H3. The summed E-state index contributed by atoms with van der Waals surface area (Å²) in [4.78, 5) is 16.5. The normalized spacial score (nSPS) is 12.7. The molecule has 0 saturated carbocycles. The Morgan fingerprint density at radius 1 is 1.36 bits per heavy atom. The second-order valence-corrected chi connectivity index (χ2v) is 5.73. The number of halogens is 2. The summed E-state index contributed by atoms with van der Waals surface area (Å²) < 4.78 is 2.85. The number of aromatic nitrogens is 4. The van der Waals surface area contributed by atoms with Crippen LogP contribution in [0.3, 0.4) is 0 Å². The highest BCUT2D eigenvalue weighted by molar-refractivity contribution is 6.35. The van der Waals surface area contributed by atoms with Gasteiger partial charge in [0.25, 0.3) is 5.56 Å². The van der Waals surface area contributed by atoms with Crippen LogP contribution in [0, 0.1) is 0 Å². The van der Waals surface area contributed by atoms with Crippen LogP contribution in [0.2, 0.25) is 10.0 Å². The first-order valence-electron chi connectivity index (χ1n) is 6.47. The molecule has 1 unspecified atom stereocenters. The van der Waals surface area contributed by atoms with Gasteiger partial charge >= 0.3 is 0 Å². The van der Waals surface area contributed by atoms with Crippen LogP contribution in [0.15, 0.2) is 35.5 Å². The number of aliphatic hydroxyl groups is 1. The van der Waals surface area contributed by atoms with E-state index in [-0.39, 0.29) is 12.1 Å². The fourth-order valence-electron chi connectivity index (χ4n) is 2.25. The lowest BCUT2D eigenvalue weighted by Crippen LogP contribution is -2.23. The van der Waals surface area contributed by atoms with Crippen molar-refractivity contribution < 1.29 is 5.11 Å². The van der Waals surface area contributed by atoms with Crippen LogP contribution in [0.1, 0.15) is 11.7 Å². The molecule has 1 N–H and O–H groups in total. The van der Waals surface area contributed by atoms with Gasteiger partial charge in [0.1, 0.15) is 11.7 Å². The zero-order chi connectivity index (χ0) is 15.9. The van der Waals surface area contributed by atoms with Gasteiger partial charge in [0.05, 0.1) is 18.8 Å². The van der Waals surface area contributed by atoms with E-state index in [4.69, 9.17) is 23.2 Å². The van der Waals surface area contributed by atoms with E-state index < -0.39 is 6.10 Å². The molecule has 114 valence electrons. The first kappa shape index (κ1) is 15.0. The van der Waals surface area contributed by atoms with E-state index in [1.165, 1.54) is 21.8 Å². The van der Waals surface area contributed by atoms with Gasteiger partial charge in [-0.2, -0.15) is 5.10 Å². The summed E-state index contributed by atoms with van der Waals surface area (Å²) in [5, 5.41) is 15.5. The third-order valence-electron chi connectivity index (χ3n) is 3.41. The Hall–Kier alpha value is -1.89. The van der Waals surface area contributed by atoms with Crippen LogP contribution < -0.4 is 5.56 Å². The lowest BCUT2D eigenvalue weighted by atomic mass is 10.1. The lowest BCUT2D eigenvalue weighted by Gasteiger charge is -2.14. The number of hydrogen-bond donors (Lipinski definition) is 1. The maximum absolute atomic E-state index is 12.4. The van der Waals surface area contributed by atoms with Crippen LogP contribution in [0.25, 0.3) is 11.0 Å². The van der Waals surface area contributed by atoms with Crippen LogP contribution in [-0.4, -0.2) is 24.4 Å². The monoisotopic (exact) mass is 338 g/mol. The summed E-state index contributed by atoms with van der Waals surface area (Å²) in [6.07, 6.45) is 1.90. The minimum Gasteiger partial charge on any atom is -0.386 e. The number of nitrogens with zero attached hydrogens (tertiary/aromatic N) is 4. The third kappa shape index (κ3) is 2.61.